The van der Waals surface area contributed by atoms with E-state index in [1.54, 1.807) is 30.5 Å². The van der Waals surface area contributed by atoms with Crippen molar-refractivity contribution in [3.05, 3.63) is 89.1 Å². The largest absolute Gasteiger partial charge is 0.299 e. The van der Waals surface area contributed by atoms with Gasteiger partial charge in [-0.2, -0.15) is 0 Å². The highest BCUT2D eigenvalue weighted by molar-refractivity contribution is 6.02. The molecule has 3 aromatic heterocycles. The van der Waals surface area contributed by atoms with Gasteiger partial charge in [-0.25, -0.2) is 9.55 Å². The van der Waals surface area contributed by atoms with Gasteiger partial charge in [0.1, 0.15) is 7.05 Å². The van der Waals surface area contributed by atoms with Gasteiger partial charge in [0.25, 0.3) is 0 Å². The summed E-state index contributed by atoms with van der Waals surface area (Å²) in [6, 6.07) is 19.0. The molecule has 0 amide bonds. The van der Waals surface area contributed by atoms with Crippen LogP contribution in [0.3, 0.4) is 0 Å². The first-order valence-corrected chi connectivity index (χ1v) is 11.8. The third-order valence-corrected chi connectivity index (χ3v) is 7.61. The van der Waals surface area contributed by atoms with E-state index in [4.69, 9.17) is 13.2 Å². The molecule has 1 aliphatic rings. The molecule has 0 spiro atoms. The molecule has 0 aliphatic carbocycles. The van der Waals surface area contributed by atoms with Crippen LogP contribution in [0.2, 0.25) is 0 Å². The van der Waals surface area contributed by atoms with Crippen molar-refractivity contribution < 1.29 is 12.8 Å². The van der Waals surface area contributed by atoms with Gasteiger partial charge >= 0.3 is 0 Å². The number of rotatable bonds is 1. The molecular weight excluding hydrogens is 428 g/mol. The Hall–Kier alpha value is -3.92. The zero-order valence-electron chi connectivity index (χ0n) is 26.1. The van der Waals surface area contributed by atoms with Crippen molar-refractivity contribution in [2.24, 2.45) is 7.05 Å². The summed E-state index contributed by atoms with van der Waals surface area (Å²) < 4.78 is 57.0. The van der Waals surface area contributed by atoms with Gasteiger partial charge in [-0.15, -0.1) is 0 Å². The van der Waals surface area contributed by atoms with Gasteiger partial charge in [-0.05, 0) is 69.4 Å². The SMILES string of the molecule is [2H]C([2H])([2H])c1ccccc1-c1c(C([2H])([2H])[2H])c[n+](C)c2c1C(C)(C)n1c3c-2c(C)ccc3n2c3ccccc3nc12. The summed E-state index contributed by atoms with van der Waals surface area (Å²) in [5.74, 6) is 0.751. The monoisotopic (exact) mass is 463 g/mol. The van der Waals surface area contributed by atoms with Crippen LogP contribution in [-0.2, 0) is 12.6 Å². The van der Waals surface area contributed by atoms with Crippen molar-refractivity contribution in [1.29, 1.82) is 0 Å². The van der Waals surface area contributed by atoms with E-state index in [1.807, 2.05) is 29.8 Å². The molecule has 4 nitrogen and oxygen atoms in total. The zero-order chi connectivity index (χ0) is 29.2. The molecule has 0 unspecified atom stereocenters. The minimum atomic E-state index is -2.49. The second kappa shape index (κ2) is 6.60. The highest BCUT2D eigenvalue weighted by Crippen LogP contribution is 2.50. The molecule has 0 atom stereocenters. The topological polar surface area (TPSA) is 26.1 Å². The van der Waals surface area contributed by atoms with E-state index in [0.717, 1.165) is 50.2 Å². The van der Waals surface area contributed by atoms with Crippen LogP contribution < -0.4 is 4.57 Å². The lowest BCUT2D eigenvalue weighted by atomic mass is 9.78. The number of para-hydroxylation sites is 2. The van der Waals surface area contributed by atoms with Crippen LogP contribution in [0.4, 0.5) is 0 Å². The van der Waals surface area contributed by atoms with Gasteiger partial charge in [0.05, 0.1) is 38.7 Å². The molecule has 172 valence electrons. The number of pyridine rings is 1. The number of benzene rings is 3. The van der Waals surface area contributed by atoms with Crippen LogP contribution in [0.25, 0.3) is 50.2 Å². The van der Waals surface area contributed by atoms with Crippen LogP contribution in [0.1, 0.15) is 44.3 Å². The van der Waals surface area contributed by atoms with E-state index in [0.29, 0.717) is 11.1 Å². The molecule has 0 fully saturated rings. The van der Waals surface area contributed by atoms with Crippen molar-refractivity contribution in [3.63, 3.8) is 0 Å². The fourth-order valence-electron chi connectivity index (χ4n) is 6.16. The maximum atomic E-state index is 8.57. The molecule has 0 bridgehead atoms. The first-order valence-electron chi connectivity index (χ1n) is 14.8. The van der Waals surface area contributed by atoms with E-state index in [-0.39, 0.29) is 11.1 Å². The molecule has 3 aromatic carbocycles. The van der Waals surface area contributed by atoms with Gasteiger partial charge in [0.2, 0.25) is 11.5 Å². The fourth-order valence-corrected chi connectivity index (χ4v) is 6.16. The lowest BCUT2D eigenvalue weighted by Gasteiger charge is -2.36. The second-order valence-electron chi connectivity index (χ2n) is 10.1. The van der Waals surface area contributed by atoms with Crippen LogP contribution in [0.5, 0.6) is 0 Å². The number of nitrogens with zero attached hydrogens (tertiary/aromatic N) is 4. The van der Waals surface area contributed by atoms with Crippen molar-refractivity contribution in [1.82, 2.24) is 14.0 Å². The number of fused-ring (bicyclic) bond motifs is 7. The third kappa shape index (κ3) is 2.42. The minimum absolute atomic E-state index is 0.119. The Morgan fingerprint density at radius 3 is 2.46 bits per heavy atom. The second-order valence-corrected chi connectivity index (χ2v) is 10.1. The van der Waals surface area contributed by atoms with Crippen LogP contribution in [0, 0.1) is 20.6 Å². The maximum Gasteiger partial charge on any atom is 0.220 e. The molecule has 4 heterocycles. The normalized spacial score (nSPS) is 17.5. The number of hydrogen-bond acceptors (Lipinski definition) is 1. The number of imidazole rings is 2. The van der Waals surface area contributed by atoms with Crippen LogP contribution in [0.15, 0.2) is 66.9 Å². The molecule has 7 rings (SSSR count). The maximum absolute atomic E-state index is 8.57. The predicted molar refractivity (Wildman–Crippen MR) is 143 cm³/mol. The zero-order valence-corrected chi connectivity index (χ0v) is 20.1. The lowest BCUT2D eigenvalue weighted by Crippen LogP contribution is -2.41. The molecule has 35 heavy (non-hydrogen) atoms. The Kier molecular flexibility index (Phi) is 2.86. The van der Waals surface area contributed by atoms with Gasteiger partial charge in [0, 0.05) is 19.4 Å². The summed E-state index contributed by atoms with van der Waals surface area (Å²) in [6.07, 6.45) is 1.66. The molecule has 0 saturated carbocycles. The number of hydrogen-bond donors (Lipinski definition) is 0. The van der Waals surface area contributed by atoms with Gasteiger partial charge < -0.3 is 0 Å². The Labute approximate surface area is 213 Å². The van der Waals surface area contributed by atoms with Crippen LogP contribution in [-0.4, -0.2) is 14.0 Å². The Morgan fingerprint density at radius 1 is 0.857 bits per heavy atom. The van der Waals surface area contributed by atoms with Crippen molar-refractivity contribution in [3.8, 4) is 22.4 Å². The highest BCUT2D eigenvalue weighted by atomic mass is 15.2. The van der Waals surface area contributed by atoms with Crippen molar-refractivity contribution in [2.45, 2.75) is 40.0 Å². The number of aromatic nitrogens is 4. The van der Waals surface area contributed by atoms with Crippen molar-refractivity contribution in [2.75, 3.05) is 0 Å². The molecule has 0 N–H and O–H groups in total. The van der Waals surface area contributed by atoms with Gasteiger partial charge in [0.15, 0.2) is 6.20 Å². The lowest BCUT2D eigenvalue weighted by molar-refractivity contribution is -0.661. The summed E-state index contributed by atoms with van der Waals surface area (Å²) >= 11 is 0. The van der Waals surface area contributed by atoms with E-state index in [9.17, 15) is 0 Å². The summed E-state index contributed by atoms with van der Waals surface area (Å²) in [5.41, 5.74) is 7.83. The Morgan fingerprint density at radius 2 is 1.63 bits per heavy atom. The first kappa shape index (κ1) is 15.2. The molecule has 6 aromatic rings. The fraction of sp³-hybridized carbons (Fsp3) is 0.226. The van der Waals surface area contributed by atoms with E-state index >= 15 is 0 Å². The smallest absolute Gasteiger partial charge is 0.220 e. The molecule has 4 heteroatoms. The molecule has 0 radical (unpaired) electrons. The molecule has 0 saturated heterocycles. The minimum Gasteiger partial charge on any atom is -0.299 e. The number of aryl methyl sites for hydroxylation is 4. The highest BCUT2D eigenvalue weighted by Gasteiger charge is 2.44. The quantitative estimate of drug-likeness (QED) is 0.252. The van der Waals surface area contributed by atoms with Gasteiger partial charge in [-0.1, -0.05) is 42.5 Å². The van der Waals surface area contributed by atoms with E-state index in [1.165, 1.54) is 0 Å². The summed E-state index contributed by atoms with van der Waals surface area (Å²) in [4.78, 5) is 5.07. The van der Waals surface area contributed by atoms with Crippen LogP contribution >= 0.6 is 0 Å². The van der Waals surface area contributed by atoms with E-state index in [2.05, 4.69) is 47.9 Å². The predicted octanol–water partition coefficient (Wildman–Crippen LogP) is 6.62. The van der Waals surface area contributed by atoms with Gasteiger partial charge in [-0.3, -0.25) is 8.97 Å². The average molecular weight is 464 g/mol. The Bertz CT molecular complexity index is 2080. The van der Waals surface area contributed by atoms with Crippen molar-refractivity contribution >= 4 is 27.8 Å². The summed E-state index contributed by atoms with van der Waals surface area (Å²) in [6.45, 7) is 1.27. The first-order chi connectivity index (χ1) is 19.2. The Balaban J connectivity index is 1.75. The molecule has 1 aliphatic heterocycles. The molecular formula is C31H29N4+. The third-order valence-electron chi connectivity index (χ3n) is 7.61. The average Bonchev–Trinajstić information content (AvgIpc) is 3.42. The standard InChI is InChI=1S/C31H29N4/c1-18-11-7-8-12-21(18)25-20(3)17-33(6)29-26-19(2)15-16-24-28(26)35(31(4,5)27(25)29)30-32-22-13-9-10-14-23(22)34(24)30/h7-17H,1-6H3/q+1/i1D3,3D3. The van der Waals surface area contributed by atoms with E-state index < -0.39 is 19.2 Å². The summed E-state index contributed by atoms with van der Waals surface area (Å²) in [7, 11) is 1.88. The summed E-state index contributed by atoms with van der Waals surface area (Å²) in [5, 5.41) is 0.